The molecule has 0 aliphatic rings. The van der Waals surface area contributed by atoms with E-state index in [4.69, 9.17) is 4.74 Å². The molecule has 3 aromatic rings. The van der Waals surface area contributed by atoms with Crippen molar-refractivity contribution < 1.29 is 22.7 Å². The fourth-order valence-electron chi connectivity index (χ4n) is 3.00. The van der Waals surface area contributed by atoms with Crippen molar-refractivity contribution in [1.29, 1.82) is 0 Å². The van der Waals surface area contributed by atoms with Crippen LogP contribution in [0.5, 0.6) is 5.75 Å². The van der Waals surface area contributed by atoms with Crippen LogP contribution in [0, 0.1) is 0 Å². The van der Waals surface area contributed by atoms with Gasteiger partial charge in [-0.25, -0.2) is 0 Å². The predicted molar refractivity (Wildman–Crippen MR) is 109 cm³/mol. The maximum absolute atomic E-state index is 13.0. The van der Waals surface area contributed by atoms with Crippen LogP contribution in [0.3, 0.4) is 0 Å². The molecule has 0 heterocycles. The number of methoxy groups -OCH3 is 1. The average molecular weight is 414 g/mol. The van der Waals surface area contributed by atoms with Crippen LogP contribution in [0.15, 0.2) is 78.9 Å². The van der Waals surface area contributed by atoms with Gasteiger partial charge in [0.25, 0.3) is 0 Å². The van der Waals surface area contributed by atoms with Gasteiger partial charge in [-0.15, -0.1) is 0 Å². The summed E-state index contributed by atoms with van der Waals surface area (Å²) in [4.78, 5) is 12.9. The monoisotopic (exact) mass is 414 g/mol. The third kappa shape index (κ3) is 5.61. The van der Waals surface area contributed by atoms with Crippen molar-refractivity contribution in [2.24, 2.45) is 0 Å². The van der Waals surface area contributed by atoms with E-state index in [2.05, 4.69) is 10.6 Å². The minimum Gasteiger partial charge on any atom is -0.497 e. The molecule has 0 saturated heterocycles. The van der Waals surface area contributed by atoms with Gasteiger partial charge in [0.1, 0.15) is 11.8 Å². The lowest BCUT2D eigenvalue weighted by Crippen LogP contribution is -2.32. The molecule has 0 saturated carbocycles. The molecule has 1 atom stereocenters. The van der Waals surface area contributed by atoms with Gasteiger partial charge in [-0.1, -0.05) is 48.5 Å². The van der Waals surface area contributed by atoms with E-state index in [9.17, 15) is 18.0 Å². The Morgan fingerprint density at radius 3 is 2.40 bits per heavy atom. The molecule has 156 valence electrons. The summed E-state index contributed by atoms with van der Waals surface area (Å²) < 4.78 is 44.1. The topological polar surface area (TPSA) is 50.4 Å². The Balaban J connectivity index is 1.79. The predicted octanol–water partition coefficient (Wildman–Crippen LogP) is 5.18. The summed E-state index contributed by atoms with van der Waals surface area (Å²) in [5.41, 5.74) is 0.867. The number of hydrogen-bond donors (Lipinski definition) is 2. The van der Waals surface area contributed by atoms with E-state index in [1.165, 1.54) is 12.1 Å². The second-order valence-corrected chi connectivity index (χ2v) is 6.64. The Hall–Kier alpha value is -3.32. The van der Waals surface area contributed by atoms with Crippen LogP contribution in [-0.2, 0) is 17.5 Å². The summed E-state index contributed by atoms with van der Waals surface area (Å²) in [5.74, 6) is 0.238. The first-order valence-corrected chi connectivity index (χ1v) is 9.26. The number of carbonyl (C=O) groups is 1. The van der Waals surface area contributed by atoms with Gasteiger partial charge in [-0.05, 0) is 41.5 Å². The molecule has 0 aliphatic carbocycles. The molecule has 2 N–H and O–H groups in total. The number of ether oxygens (including phenoxy) is 1. The first kappa shape index (κ1) is 21.4. The van der Waals surface area contributed by atoms with Crippen molar-refractivity contribution >= 4 is 11.6 Å². The highest BCUT2D eigenvalue weighted by Gasteiger charge is 2.30. The van der Waals surface area contributed by atoms with Crippen molar-refractivity contribution in [3.63, 3.8) is 0 Å². The fraction of sp³-hybridized carbons (Fsp3) is 0.174. The molecule has 0 spiro atoms. The van der Waals surface area contributed by atoms with Crippen LogP contribution in [0.25, 0.3) is 0 Å². The van der Waals surface area contributed by atoms with Crippen molar-refractivity contribution in [3.05, 3.63) is 95.6 Å². The smallest absolute Gasteiger partial charge is 0.416 e. The van der Waals surface area contributed by atoms with Crippen LogP contribution in [0.4, 0.5) is 18.9 Å². The van der Waals surface area contributed by atoms with Gasteiger partial charge in [0.15, 0.2) is 0 Å². The van der Waals surface area contributed by atoms with Crippen molar-refractivity contribution in [2.45, 2.75) is 18.8 Å². The summed E-state index contributed by atoms with van der Waals surface area (Å²) in [6, 6.07) is 20.2. The molecule has 1 amide bonds. The molecule has 0 radical (unpaired) electrons. The Bertz CT molecular complexity index is 991. The van der Waals surface area contributed by atoms with Gasteiger partial charge in [-0.3, -0.25) is 10.1 Å². The summed E-state index contributed by atoms with van der Waals surface area (Å²) in [7, 11) is 1.57. The number of nitrogens with one attached hydrogen (secondary N) is 2. The molecule has 0 fully saturated rings. The summed E-state index contributed by atoms with van der Waals surface area (Å²) in [6.07, 6.45) is -4.48. The molecule has 30 heavy (non-hydrogen) atoms. The molecule has 3 rings (SSSR count). The minimum absolute atomic E-state index is 0.0823. The molecule has 4 nitrogen and oxygen atoms in total. The molecule has 7 heteroatoms. The number of benzene rings is 3. The maximum atomic E-state index is 13.0. The van der Waals surface area contributed by atoms with E-state index in [0.717, 1.165) is 17.7 Å². The van der Waals surface area contributed by atoms with Gasteiger partial charge in [0.05, 0.1) is 12.7 Å². The second kappa shape index (κ2) is 9.45. The van der Waals surface area contributed by atoms with Crippen LogP contribution in [-0.4, -0.2) is 13.0 Å². The number of rotatable bonds is 7. The third-order valence-electron chi connectivity index (χ3n) is 4.50. The zero-order chi connectivity index (χ0) is 21.6. The number of anilines is 1. The number of alkyl halides is 3. The van der Waals surface area contributed by atoms with E-state index in [1.54, 1.807) is 31.4 Å². The zero-order valence-corrected chi connectivity index (χ0v) is 16.2. The highest BCUT2D eigenvalue weighted by atomic mass is 19.4. The lowest BCUT2D eigenvalue weighted by atomic mass is 10.1. The number of hydrogen-bond acceptors (Lipinski definition) is 3. The van der Waals surface area contributed by atoms with Crippen LogP contribution < -0.4 is 15.4 Å². The van der Waals surface area contributed by atoms with E-state index >= 15 is 0 Å². The van der Waals surface area contributed by atoms with Crippen LogP contribution in [0.2, 0.25) is 0 Å². The van der Waals surface area contributed by atoms with Gasteiger partial charge < -0.3 is 10.1 Å². The van der Waals surface area contributed by atoms with Gasteiger partial charge in [0.2, 0.25) is 5.91 Å². The van der Waals surface area contributed by atoms with E-state index < -0.39 is 23.7 Å². The van der Waals surface area contributed by atoms with Crippen molar-refractivity contribution in [1.82, 2.24) is 5.32 Å². The van der Waals surface area contributed by atoms with Gasteiger partial charge >= 0.3 is 6.18 Å². The largest absolute Gasteiger partial charge is 0.497 e. The Morgan fingerprint density at radius 1 is 0.967 bits per heavy atom. The zero-order valence-electron chi connectivity index (χ0n) is 16.2. The second-order valence-electron chi connectivity index (χ2n) is 6.64. The average Bonchev–Trinajstić information content (AvgIpc) is 2.74. The molecule has 0 unspecified atom stereocenters. The van der Waals surface area contributed by atoms with Crippen LogP contribution >= 0.6 is 0 Å². The summed E-state index contributed by atoms with van der Waals surface area (Å²) in [6.45, 7) is 0.368. The van der Waals surface area contributed by atoms with Gasteiger partial charge in [0, 0.05) is 12.2 Å². The number of carbonyl (C=O) groups excluding carboxylic acids is 1. The molecular weight excluding hydrogens is 393 g/mol. The Morgan fingerprint density at radius 2 is 1.70 bits per heavy atom. The third-order valence-corrected chi connectivity index (χ3v) is 4.50. The number of amides is 1. The molecule has 3 aromatic carbocycles. The van der Waals surface area contributed by atoms with E-state index in [0.29, 0.717) is 17.9 Å². The number of halogens is 3. The quantitative estimate of drug-likeness (QED) is 0.560. The van der Waals surface area contributed by atoms with Crippen molar-refractivity contribution in [3.8, 4) is 5.75 Å². The van der Waals surface area contributed by atoms with E-state index in [-0.39, 0.29) is 5.69 Å². The first-order chi connectivity index (χ1) is 14.4. The lowest BCUT2D eigenvalue weighted by molar-refractivity contribution is -0.137. The van der Waals surface area contributed by atoms with E-state index in [1.807, 2.05) is 30.3 Å². The Labute approximate surface area is 172 Å². The molecular formula is C23H21F3N2O2. The summed E-state index contributed by atoms with van der Waals surface area (Å²) in [5, 5.41) is 5.76. The normalized spacial score (nSPS) is 12.3. The maximum Gasteiger partial charge on any atom is 0.416 e. The fourth-order valence-corrected chi connectivity index (χ4v) is 3.00. The first-order valence-electron chi connectivity index (χ1n) is 9.26. The standard InChI is InChI=1S/C23H21F3N2O2/c1-30-20-12-5-7-16(13-20)15-27-21(17-8-3-2-4-9-17)22(29)28-19-11-6-10-18(14-19)23(24,25)26/h2-14,21,27H,15H2,1H3,(H,28,29)/t21-/m1/s1. The molecule has 0 bridgehead atoms. The minimum atomic E-state index is -4.48. The molecule has 0 aromatic heterocycles. The highest BCUT2D eigenvalue weighted by molar-refractivity contribution is 5.95. The lowest BCUT2D eigenvalue weighted by Gasteiger charge is -2.20. The summed E-state index contributed by atoms with van der Waals surface area (Å²) >= 11 is 0. The Kier molecular flexibility index (Phi) is 6.74. The van der Waals surface area contributed by atoms with Gasteiger partial charge in [-0.2, -0.15) is 13.2 Å². The van der Waals surface area contributed by atoms with Crippen molar-refractivity contribution in [2.75, 3.05) is 12.4 Å². The highest BCUT2D eigenvalue weighted by Crippen LogP contribution is 2.31. The SMILES string of the molecule is COc1cccc(CN[C@@H](C(=O)Nc2cccc(C(F)(F)F)c2)c2ccccc2)c1. The van der Waals surface area contributed by atoms with Crippen LogP contribution in [0.1, 0.15) is 22.7 Å². The molecule has 0 aliphatic heterocycles.